The van der Waals surface area contributed by atoms with E-state index in [1.165, 1.54) is 5.56 Å². The average molecular weight is 228 g/mol. The van der Waals surface area contributed by atoms with Gasteiger partial charge in [0, 0.05) is 18.8 Å². The van der Waals surface area contributed by atoms with E-state index in [-0.39, 0.29) is 5.78 Å². The molecule has 1 aromatic heterocycles. The minimum atomic E-state index is -0.00815. The molecule has 0 amide bonds. The Hall–Kier alpha value is -1.90. The minimum absolute atomic E-state index is 0.00815. The fourth-order valence-electron chi connectivity index (χ4n) is 1.88. The van der Waals surface area contributed by atoms with Gasteiger partial charge in [-0.2, -0.15) is 5.10 Å². The molecule has 1 aromatic carbocycles. The maximum absolute atomic E-state index is 12.3. The van der Waals surface area contributed by atoms with Crippen molar-refractivity contribution in [3.8, 4) is 0 Å². The number of hydrogen-bond acceptors (Lipinski definition) is 2. The number of carbonyl (C=O) groups is 1. The van der Waals surface area contributed by atoms with Gasteiger partial charge in [-0.1, -0.05) is 6.07 Å². The number of carbonyl (C=O) groups excluding carboxylic acids is 1. The maximum atomic E-state index is 12.3. The molecule has 0 atom stereocenters. The normalized spacial score (nSPS) is 10.6. The number of rotatable bonds is 2. The largest absolute Gasteiger partial charge is 0.287 e. The van der Waals surface area contributed by atoms with Crippen LogP contribution in [-0.4, -0.2) is 15.6 Å². The zero-order valence-electron chi connectivity index (χ0n) is 10.6. The molecular formula is C14H16N2O. The van der Waals surface area contributed by atoms with E-state index in [1.807, 2.05) is 33.0 Å². The molecular weight excluding hydrogens is 212 g/mol. The summed E-state index contributed by atoms with van der Waals surface area (Å²) < 4.78 is 1.64. The van der Waals surface area contributed by atoms with E-state index < -0.39 is 0 Å². The second-order valence-electron chi connectivity index (χ2n) is 4.46. The van der Waals surface area contributed by atoms with Gasteiger partial charge in [-0.05, 0) is 49.6 Å². The maximum Gasteiger partial charge on any atom is 0.213 e. The Balaban J connectivity index is 2.47. The highest BCUT2D eigenvalue weighted by atomic mass is 16.1. The Morgan fingerprint density at radius 2 is 1.76 bits per heavy atom. The van der Waals surface area contributed by atoms with Crippen molar-refractivity contribution in [3.05, 3.63) is 52.3 Å². The summed E-state index contributed by atoms with van der Waals surface area (Å²) in [7, 11) is 1.81. The van der Waals surface area contributed by atoms with E-state index in [4.69, 9.17) is 0 Å². The summed E-state index contributed by atoms with van der Waals surface area (Å²) in [4.78, 5) is 12.3. The molecule has 1 heterocycles. The fraction of sp³-hybridized carbons (Fsp3) is 0.286. The van der Waals surface area contributed by atoms with E-state index >= 15 is 0 Å². The summed E-state index contributed by atoms with van der Waals surface area (Å²) in [5, 5.41) is 4.15. The van der Waals surface area contributed by atoms with Crippen LogP contribution in [0.3, 0.4) is 0 Å². The van der Waals surface area contributed by atoms with Crippen molar-refractivity contribution in [1.29, 1.82) is 0 Å². The predicted molar refractivity (Wildman–Crippen MR) is 67.3 cm³/mol. The lowest BCUT2D eigenvalue weighted by atomic mass is 9.97. The molecule has 3 nitrogen and oxygen atoms in total. The van der Waals surface area contributed by atoms with Crippen molar-refractivity contribution in [2.24, 2.45) is 7.05 Å². The molecule has 0 saturated heterocycles. The SMILES string of the molecule is Cc1cc(C)c(C(=O)c2ccn(C)n2)cc1C. The van der Waals surface area contributed by atoms with Gasteiger partial charge in [0.1, 0.15) is 5.69 Å². The minimum Gasteiger partial charge on any atom is -0.287 e. The zero-order chi connectivity index (χ0) is 12.6. The van der Waals surface area contributed by atoms with Gasteiger partial charge >= 0.3 is 0 Å². The summed E-state index contributed by atoms with van der Waals surface area (Å²) in [5.74, 6) is -0.00815. The highest BCUT2D eigenvalue weighted by molar-refractivity contribution is 6.08. The summed E-state index contributed by atoms with van der Waals surface area (Å²) in [5.41, 5.74) is 4.59. The third kappa shape index (κ3) is 2.13. The van der Waals surface area contributed by atoms with Crippen molar-refractivity contribution in [1.82, 2.24) is 9.78 Å². The highest BCUT2D eigenvalue weighted by Crippen LogP contribution is 2.18. The molecule has 17 heavy (non-hydrogen) atoms. The predicted octanol–water partition coefficient (Wildman–Crippen LogP) is 2.58. The quantitative estimate of drug-likeness (QED) is 0.740. The van der Waals surface area contributed by atoms with Crippen molar-refractivity contribution < 1.29 is 4.79 Å². The Bertz CT molecular complexity index is 582. The van der Waals surface area contributed by atoms with Crippen LogP contribution in [0.4, 0.5) is 0 Å². The molecule has 0 N–H and O–H groups in total. The van der Waals surface area contributed by atoms with Crippen LogP contribution < -0.4 is 0 Å². The molecule has 0 fully saturated rings. The van der Waals surface area contributed by atoms with Crippen LogP contribution in [0.2, 0.25) is 0 Å². The molecule has 0 aliphatic carbocycles. The van der Waals surface area contributed by atoms with Crippen molar-refractivity contribution in [2.45, 2.75) is 20.8 Å². The number of ketones is 1. The van der Waals surface area contributed by atoms with Crippen molar-refractivity contribution in [3.63, 3.8) is 0 Å². The molecule has 88 valence electrons. The molecule has 0 unspecified atom stereocenters. The van der Waals surface area contributed by atoms with Gasteiger partial charge in [-0.3, -0.25) is 9.48 Å². The van der Waals surface area contributed by atoms with Crippen LogP contribution in [-0.2, 0) is 7.05 Å². The lowest BCUT2D eigenvalue weighted by Crippen LogP contribution is -2.06. The lowest BCUT2D eigenvalue weighted by molar-refractivity contribution is 0.103. The first-order chi connectivity index (χ1) is 7.99. The Kier molecular flexibility index (Phi) is 2.84. The van der Waals surface area contributed by atoms with Gasteiger partial charge in [0.05, 0.1) is 0 Å². The van der Waals surface area contributed by atoms with E-state index in [9.17, 15) is 4.79 Å². The highest BCUT2D eigenvalue weighted by Gasteiger charge is 2.15. The number of nitrogens with zero attached hydrogens (tertiary/aromatic N) is 2. The first-order valence-corrected chi connectivity index (χ1v) is 5.61. The van der Waals surface area contributed by atoms with E-state index in [0.29, 0.717) is 5.69 Å². The van der Waals surface area contributed by atoms with Crippen LogP contribution >= 0.6 is 0 Å². The molecule has 2 rings (SSSR count). The van der Waals surface area contributed by atoms with Crippen LogP contribution in [0.5, 0.6) is 0 Å². The molecule has 0 bridgehead atoms. The summed E-state index contributed by atoms with van der Waals surface area (Å²) in [6, 6.07) is 5.74. The van der Waals surface area contributed by atoms with Gasteiger partial charge in [-0.15, -0.1) is 0 Å². The van der Waals surface area contributed by atoms with E-state index in [1.54, 1.807) is 16.9 Å². The summed E-state index contributed by atoms with van der Waals surface area (Å²) >= 11 is 0. The Morgan fingerprint density at radius 3 is 2.35 bits per heavy atom. The third-order valence-corrected chi connectivity index (χ3v) is 3.03. The van der Waals surface area contributed by atoms with E-state index in [2.05, 4.69) is 12.0 Å². The molecule has 0 saturated carbocycles. The van der Waals surface area contributed by atoms with Gasteiger partial charge < -0.3 is 0 Å². The van der Waals surface area contributed by atoms with Crippen LogP contribution in [0.15, 0.2) is 24.4 Å². The summed E-state index contributed by atoms with van der Waals surface area (Å²) in [6.45, 7) is 6.03. The summed E-state index contributed by atoms with van der Waals surface area (Å²) in [6.07, 6.45) is 1.78. The van der Waals surface area contributed by atoms with Gasteiger partial charge in [0.2, 0.25) is 5.78 Å². The van der Waals surface area contributed by atoms with Gasteiger partial charge in [-0.25, -0.2) is 0 Å². The van der Waals surface area contributed by atoms with Crippen LogP contribution in [0.25, 0.3) is 0 Å². The number of aromatic nitrogens is 2. The zero-order valence-corrected chi connectivity index (χ0v) is 10.6. The number of aryl methyl sites for hydroxylation is 4. The second kappa shape index (κ2) is 4.17. The number of benzene rings is 1. The van der Waals surface area contributed by atoms with E-state index in [0.717, 1.165) is 16.7 Å². The van der Waals surface area contributed by atoms with Crippen LogP contribution in [0.1, 0.15) is 32.7 Å². The Labute approximate surface area is 101 Å². The average Bonchev–Trinajstić information content (AvgIpc) is 2.69. The third-order valence-electron chi connectivity index (χ3n) is 3.03. The fourth-order valence-corrected chi connectivity index (χ4v) is 1.88. The first kappa shape index (κ1) is 11.6. The topological polar surface area (TPSA) is 34.9 Å². The smallest absolute Gasteiger partial charge is 0.213 e. The first-order valence-electron chi connectivity index (χ1n) is 5.61. The molecule has 0 spiro atoms. The monoisotopic (exact) mass is 228 g/mol. The van der Waals surface area contributed by atoms with Crippen LogP contribution in [0, 0.1) is 20.8 Å². The second-order valence-corrected chi connectivity index (χ2v) is 4.46. The molecule has 0 aliphatic rings. The van der Waals surface area contributed by atoms with Gasteiger partial charge in [0.15, 0.2) is 0 Å². The molecule has 2 aromatic rings. The molecule has 0 radical (unpaired) electrons. The van der Waals surface area contributed by atoms with Crippen molar-refractivity contribution >= 4 is 5.78 Å². The Morgan fingerprint density at radius 1 is 1.12 bits per heavy atom. The van der Waals surface area contributed by atoms with Crippen molar-refractivity contribution in [2.75, 3.05) is 0 Å². The molecule has 3 heteroatoms. The lowest BCUT2D eigenvalue weighted by Gasteiger charge is -2.07. The van der Waals surface area contributed by atoms with Gasteiger partial charge in [0.25, 0.3) is 0 Å². The molecule has 0 aliphatic heterocycles. The standard InChI is InChI=1S/C14H16N2O/c1-9-7-11(3)12(8-10(9)2)14(17)13-5-6-16(4)15-13/h5-8H,1-4H3. The number of hydrogen-bond donors (Lipinski definition) is 0.